The molecule has 0 aromatic rings. The van der Waals surface area contributed by atoms with Crippen LogP contribution in [0.3, 0.4) is 0 Å². The van der Waals surface area contributed by atoms with Gasteiger partial charge in [-0.3, -0.25) is 0 Å². The van der Waals surface area contributed by atoms with Gasteiger partial charge >= 0.3 is 25.9 Å². The monoisotopic (exact) mass is 554 g/mol. The van der Waals surface area contributed by atoms with Gasteiger partial charge in [-0.05, 0) is 51.6 Å². The maximum Gasteiger partial charge on any atom is 0.491 e. The summed E-state index contributed by atoms with van der Waals surface area (Å²) in [5, 5.41) is 0. The van der Waals surface area contributed by atoms with Gasteiger partial charge in [0.2, 0.25) is 0 Å². The minimum Gasteiger partial charge on any atom is -0.433 e. The molecule has 0 aromatic carbocycles. The molecule has 3 unspecified atom stereocenters. The van der Waals surface area contributed by atoms with Crippen LogP contribution in [0.15, 0.2) is 12.3 Å². The molecular weight excluding hydrogens is 509 g/mol. The third-order valence-corrected chi connectivity index (χ3v) is 20.7. The van der Waals surface area contributed by atoms with Crippen LogP contribution in [-0.2, 0) is 40.1 Å². The van der Waals surface area contributed by atoms with E-state index in [4.69, 9.17) is 40.1 Å². The largest absolute Gasteiger partial charge is 0.491 e. The Hall–Kier alpha value is 0.248. The number of hydrogen-bond donors (Lipinski definition) is 0. The van der Waals surface area contributed by atoms with Gasteiger partial charge in [0.1, 0.15) is 12.2 Å². The van der Waals surface area contributed by atoms with Crippen LogP contribution in [0.1, 0.15) is 12.8 Å². The van der Waals surface area contributed by atoms with E-state index in [2.05, 4.69) is 19.7 Å². The molecule has 0 amide bonds. The SMILES string of the molecule is C=C[Si](C)(O[Si](C)(C)CCCOCC1CO1)O[Si](C)(C)O[Si](CCCOCC1CO1)(OC)OC. The van der Waals surface area contributed by atoms with Gasteiger partial charge in [-0.15, -0.1) is 6.58 Å². The Morgan fingerprint density at radius 2 is 1.29 bits per heavy atom. The second-order valence-electron chi connectivity index (χ2n) is 10.0. The minimum absolute atomic E-state index is 0.266. The first-order valence-electron chi connectivity index (χ1n) is 12.2. The highest BCUT2D eigenvalue weighted by Crippen LogP contribution is 2.28. The highest BCUT2D eigenvalue weighted by atomic mass is 28.5. The van der Waals surface area contributed by atoms with E-state index >= 15 is 0 Å². The van der Waals surface area contributed by atoms with Crippen LogP contribution in [0, 0.1) is 0 Å². The molecule has 2 fully saturated rings. The summed E-state index contributed by atoms with van der Waals surface area (Å²) >= 11 is 0. The van der Waals surface area contributed by atoms with Crippen molar-refractivity contribution in [3.8, 4) is 0 Å². The molecule has 2 rings (SSSR count). The number of epoxide rings is 2. The van der Waals surface area contributed by atoms with E-state index in [-0.39, 0.29) is 6.10 Å². The van der Waals surface area contributed by atoms with E-state index < -0.39 is 34.2 Å². The summed E-state index contributed by atoms with van der Waals surface area (Å²) in [5.74, 6) is 0. The summed E-state index contributed by atoms with van der Waals surface area (Å²) in [7, 11) is -6.93. The molecule has 34 heavy (non-hydrogen) atoms. The topological polar surface area (TPSA) is 89.7 Å². The average molecular weight is 555 g/mol. The number of hydrogen-bond acceptors (Lipinski definition) is 9. The van der Waals surface area contributed by atoms with Crippen molar-refractivity contribution in [2.24, 2.45) is 0 Å². The fraction of sp³-hybridized carbons (Fsp3) is 0.905. The second kappa shape index (κ2) is 13.7. The predicted octanol–water partition coefficient (Wildman–Crippen LogP) is 3.58. The molecular formula is C21H46O9Si4. The molecule has 2 saturated heterocycles. The zero-order valence-corrected chi connectivity index (χ0v) is 26.2. The van der Waals surface area contributed by atoms with E-state index in [0.717, 1.165) is 38.7 Å². The quantitative estimate of drug-likeness (QED) is 0.120. The first kappa shape index (κ1) is 30.5. The van der Waals surface area contributed by atoms with Crippen molar-refractivity contribution in [1.29, 1.82) is 0 Å². The molecule has 0 N–H and O–H groups in total. The molecule has 0 aliphatic carbocycles. The highest BCUT2D eigenvalue weighted by Gasteiger charge is 2.49. The van der Waals surface area contributed by atoms with Crippen molar-refractivity contribution in [1.82, 2.24) is 0 Å². The Labute approximate surface area is 210 Å². The van der Waals surface area contributed by atoms with Crippen molar-refractivity contribution in [2.75, 3.05) is 53.9 Å². The summed E-state index contributed by atoms with van der Waals surface area (Å²) in [4.78, 5) is 0. The molecule has 2 aliphatic heterocycles. The molecule has 9 nitrogen and oxygen atoms in total. The first-order valence-corrected chi connectivity index (χ1v) is 22.4. The average Bonchev–Trinajstić information content (AvgIpc) is 3.66. The lowest BCUT2D eigenvalue weighted by Gasteiger charge is -2.41. The Morgan fingerprint density at radius 1 is 0.794 bits per heavy atom. The van der Waals surface area contributed by atoms with Crippen LogP contribution in [0.25, 0.3) is 0 Å². The molecule has 2 heterocycles. The molecule has 0 bridgehead atoms. The van der Waals surface area contributed by atoms with E-state index in [1.54, 1.807) is 14.2 Å². The predicted molar refractivity (Wildman–Crippen MR) is 140 cm³/mol. The maximum absolute atomic E-state index is 6.69. The van der Waals surface area contributed by atoms with E-state index in [0.29, 0.717) is 32.0 Å². The molecule has 0 spiro atoms. The molecule has 3 atom stereocenters. The van der Waals surface area contributed by atoms with Gasteiger partial charge in [0.25, 0.3) is 0 Å². The molecule has 0 radical (unpaired) electrons. The van der Waals surface area contributed by atoms with Crippen LogP contribution in [0.5, 0.6) is 0 Å². The van der Waals surface area contributed by atoms with Crippen LogP contribution >= 0.6 is 0 Å². The fourth-order valence-corrected chi connectivity index (χ4v) is 20.4. The van der Waals surface area contributed by atoms with Gasteiger partial charge in [0, 0.05) is 33.5 Å². The Balaban J connectivity index is 1.84. The van der Waals surface area contributed by atoms with Crippen molar-refractivity contribution in [3.63, 3.8) is 0 Å². The van der Waals surface area contributed by atoms with Crippen LogP contribution in [0.4, 0.5) is 0 Å². The summed E-state index contributed by atoms with van der Waals surface area (Å²) in [5.41, 5.74) is 1.86. The summed E-state index contributed by atoms with van der Waals surface area (Å²) < 4.78 is 53.2. The standard InChI is InChI=1S/C21H46O9Si4/c1-9-33(8,28-31(4,5)14-10-12-24-16-20-18-26-20)29-32(6,7)30-34(22-2,23-3)15-11-13-25-17-21-19-27-21/h9,20-21H,1,10-19H2,2-8H3. The minimum atomic E-state index is -2.90. The van der Waals surface area contributed by atoms with Crippen LogP contribution in [0.2, 0.25) is 44.8 Å². The van der Waals surface area contributed by atoms with Gasteiger partial charge in [0.05, 0.1) is 26.4 Å². The van der Waals surface area contributed by atoms with Gasteiger partial charge in [-0.25, -0.2) is 0 Å². The molecule has 0 saturated carbocycles. The van der Waals surface area contributed by atoms with Crippen molar-refractivity contribution in [2.45, 2.75) is 69.9 Å². The van der Waals surface area contributed by atoms with E-state index in [1.807, 2.05) is 25.3 Å². The van der Waals surface area contributed by atoms with Gasteiger partial charge < -0.3 is 40.1 Å². The van der Waals surface area contributed by atoms with Crippen LogP contribution in [-0.4, -0.2) is 100 Å². The Kier molecular flexibility index (Phi) is 12.3. The summed E-state index contributed by atoms with van der Waals surface area (Å²) in [6.07, 6.45) is 2.32. The normalized spacial score (nSPS) is 22.4. The lowest BCUT2D eigenvalue weighted by Crippen LogP contribution is -2.59. The van der Waals surface area contributed by atoms with Gasteiger partial charge in [-0.1, -0.05) is 5.70 Å². The van der Waals surface area contributed by atoms with E-state index in [9.17, 15) is 0 Å². The maximum atomic E-state index is 6.69. The number of ether oxygens (including phenoxy) is 4. The molecule has 200 valence electrons. The third-order valence-electron chi connectivity index (χ3n) is 5.57. The fourth-order valence-electron chi connectivity index (χ4n) is 3.76. The Bertz CT molecular complexity index is 613. The van der Waals surface area contributed by atoms with Gasteiger partial charge in [-0.2, -0.15) is 0 Å². The van der Waals surface area contributed by atoms with E-state index in [1.165, 1.54) is 0 Å². The molecule has 2 aliphatic rings. The lowest BCUT2D eigenvalue weighted by molar-refractivity contribution is 0.106. The highest BCUT2D eigenvalue weighted by molar-refractivity contribution is 6.90. The lowest BCUT2D eigenvalue weighted by atomic mass is 10.5. The number of rotatable bonds is 21. The summed E-state index contributed by atoms with van der Waals surface area (Å²) in [6.45, 7) is 18.9. The third kappa shape index (κ3) is 12.0. The molecule has 13 heteroatoms. The zero-order chi connectivity index (χ0) is 25.3. The second-order valence-corrected chi connectivity index (χ2v) is 24.4. The zero-order valence-electron chi connectivity index (χ0n) is 22.2. The van der Waals surface area contributed by atoms with Crippen molar-refractivity contribution in [3.05, 3.63) is 12.3 Å². The van der Waals surface area contributed by atoms with Crippen molar-refractivity contribution >= 4 is 34.2 Å². The van der Waals surface area contributed by atoms with Gasteiger partial charge in [0.15, 0.2) is 8.32 Å². The summed E-state index contributed by atoms with van der Waals surface area (Å²) in [6, 6.07) is 1.65. The Morgan fingerprint density at radius 3 is 1.74 bits per heavy atom. The first-order chi connectivity index (χ1) is 16.0. The smallest absolute Gasteiger partial charge is 0.433 e. The van der Waals surface area contributed by atoms with Crippen molar-refractivity contribution < 1.29 is 40.1 Å². The molecule has 0 aromatic heterocycles. The van der Waals surface area contributed by atoms with Crippen LogP contribution < -0.4 is 0 Å².